The van der Waals surface area contributed by atoms with Gasteiger partial charge in [-0.25, -0.2) is 4.57 Å². The Bertz CT molecular complexity index is 826. The molecule has 3 aliphatic carbocycles. The Labute approximate surface area is 163 Å². The zero-order valence-electron chi connectivity index (χ0n) is 17.2. The van der Waals surface area contributed by atoms with Gasteiger partial charge in [-0.2, -0.15) is 0 Å². The van der Waals surface area contributed by atoms with Crippen molar-refractivity contribution >= 4 is 7.82 Å². The zero-order valence-corrected chi connectivity index (χ0v) is 18.1. The van der Waals surface area contributed by atoms with Crippen molar-refractivity contribution in [2.45, 2.75) is 78.6 Å². The molecular formula is C22H33O4P. The van der Waals surface area contributed by atoms with Gasteiger partial charge in [-0.3, -0.25) is 9.79 Å². The second kappa shape index (κ2) is 5.84. The molecule has 0 aliphatic heterocycles. The molecule has 0 heterocycles. The van der Waals surface area contributed by atoms with E-state index in [1.54, 1.807) is 0 Å². The maximum atomic E-state index is 11.3. The highest BCUT2D eigenvalue weighted by Crippen LogP contribution is 2.68. The molecule has 4 atom stereocenters. The molecule has 0 saturated heterocycles. The largest absolute Gasteiger partial charge is 0.524 e. The Morgan fingerprint density at radius 3 is 2.44 bits per heavy atom. The second-order valence-electron chi connectivity index (χ2n) is 10.5. The number of phosphoric ester groups is 1. The van der Waals surface area contributed by atoms with Crippen LogP contribution in [-0.2, 0) is 16.4 Å². The molecule has 4 rings (SSSR count). The van der Waals surface area contributed by atoms with E-state index in [0.29, 0.717) is 22.5 Å². The lowest BCUT2D eigenvalue weighted by molar-refractivity contribution is -0.0983. The summed E-state index contributed by atoms with van der Waals surface area (Å²) in [5.41, 5.74) is 4.62. The lowest BCUT2D eigenvalue weighted by Gasteiger charge is -2.61. The molecule has 3 aliphatic rings. The van der Waals surface area contributed by atoms with Crippen LogP contribution < -0.4 is 4.52 Å². The van der Waals surface area contributed by atoms with Crippen LogP contribution in [0.1, 0.15) is 76.5 Å². The minimum absolute atomic E-state index is 0.152. The first-order chi connectivity index (χ1) is 12.4. The van der Waals surface area contributed by atoms with E-state index < -0.39 is 7.82 Å². The van der Waals surface area contributed by atoms with Crippen LogP contribution in [0.15, 0.2) is 12.1 Å². The Balaban J connectivity index is 1.77. The van der Waals surface area contributed by atoms with E-state index in [2.05, 4.69) is 34.6 Å². The SMILES string of the molecule is Cc1cc(OP(=O)(O)O)cc2c1[C@]1(C)CC[C@H]3C(C)(C)CCC[C@]3(C)[C@H]1C2. The van der Waals surface area contributed by atoms with Crippen molar-refractivity contribution in [2.24, 2.45) is 22.7 Å². The number of hydrogen-bond donors (Lipinski definition) is 2. The Kier molecular flexibility index (Phi) is 4.22. The summed E-state index contributed by atoms with van der Waals surface area (Å²) in [5.74, 6) is 1.63. The number of fused-ring (bicyclic) bond motifs is 5. The highest BCUT2D eigenvalue weighted by atomic mass is 31.2. The maximum Gasteiger partial charge on any atom is 0.524 e. The minimum Gasteiger partial charge on any atom is -0.404 e. The van der Waals surface area contributed by atoms with Crippen molar-refractivity contribution in [3.8, 4) is 5.75 Å². The number of phosphoric acid groups is 1. The summed E-state index contributed by atoms with van der Waals surface area (Å²) in [7, 11) is -4.54. The molecule has 2 saturated carbocycles. The molecule has 4 nitrogen and oxygen atoms in total. The monoisotopic (exact) mass is 392 g/mol. The lowest BCUT2D eigenvalue weighted by atomic mass is 9.43. The van der Waals surface area contributed by atoms with Gasteiger partial charge in [-0.05, 0) is 95.9 Å². The Morgan fingerprint density at radius 1 is 1.07 bits per heavy atom. The Hall–Kier alpha value is -0.830. The quantitative estimate of drug-likeness (QED) is 0.650. The average Bonchev–Trinajstić information content (AvgIpc) is 2.79. The van der Waals surface area contributed by atoms with E-state index >= 15 is 0 Å². The summed E-state index contributed by atoms with van der Waals surface area (Å²) in [5, 5.41) is 0. The van der Waals surface area contributed by atoms with Crippen LogP contribution in [0.25, 0.3) is 0 Å². The first-order valence-electron chi connectivity index (χ1n) is 10.3. The minimum atomic E-state index is -4.54. The fraction of sp³-hybridized carbons (Fsp3) is 0.727. The third kappa shape index (κ3) is 2.91. The van der Waals surface area contributed by atoms with Gasteiger partial charge < -0.3 is 4.52 Å². The number of aryl methyl sites for hydroxylation is 1. The highest BCUT2D eigenvalue weighted by molar-refractivity contribution is 7.46. The number of hydrogen-bond acceptors (Lipinski definition) is 2. The van der Waals surface area contributed by atoms with Gasteiger partial charge in [0.15, 0.2) is 0 Å². The molecule has 0 bridgehead atoms. The van der Waals surface area contributed by atoms with Crippen LogP contribution in [0, 0.1) is 29.6 Å². The van der Waals surface area contributed by atoms with Crippen LogP contribution >= 0.6 is 7.82 Å². The third-order valence-corrected chi connectivity index (χ3v) is 8.85. The van der Waals surface area contributed by atoms with E-state index in [1.807, 2.05) is 12.1 Å². The molecule has 27 heavy (non-hydrogen) atoms. The van der Waals surface area contributed by atoms with Crippen molar-refractivity contribution in [3.05, 3.63) is 28.8 Å². The van der Waals surface area contributed by atoms with Crippen LogP contribution in [0.5, 0.6) is 5.75 Å². The smallest absolute Gasteiger partial charge is 0.404 e. The fourth-order valence-electron chi connectivity index (χ4n) is 7.62. The van der Waals surface area contributed by atoms with E-state index in [4.69, 9.17) is 4.52 Å². The molecule has 1 aromatic rings. The molecule has 0 unspecified atom stereocenters. The van der Waals surface area contributed by atoms with Crippen molar-refractivity contribution in [2.75, 3.05) is 0 Å². The summed E-state index contributed by atoms with van der Waals surface area (Å²) in [6.07, 6.45) is 7.38. The van der Waals surface area contributed by atoms with E-state index in [9.17, 15) is 14.4 Å². The highest BCUT2D eigenvalue weighted by Gasteiger charge is 2.61. The lowest BCUT2D eigenvalue weighted by Crippen LogP contribution is -2.55. The summed E-state index contributed by atoms with van der Waals surface area (Å²) >= 11 is 0. The van der Waals surface area contributed by atoms with Gasteiger partial charge in [0, 0.05) is 0 Å². The molecule has 1 aromatic carbocycles. The predicted octanol–water partition coefficient (Wildman–Crippen LogP) is 5.52. The maximum absolute atomic E-state index is 11.3. The van der Waals surface area contributed by atoms with Gasteiger partial charge in [0.1, 0.15) is 5.75 Å². The standard InChI is InChI=1S/C22H33O4P/c1-14-11-16(26-27(23,24)25)12-15-13-18-21(4)9-6-8-20(2,3)17(21)7-10-22(18,5)19(14)15/h11-12,17-18H,6-10,13H2,1-5H3,(H2,23,24,25)/t17-,18+,21-,22+/m0/s1. The van der Waals surface area contributed by atoms with E-state index in [1.165, 1.54) is 43.2 Å². The molecule has 5 heteroatoms. The zero-order chi connectivity index (χ0) is 19.8. The van der Waals surface area contributed by atoms with Gasteiger partial charge in [0.25, 0.3) is 0 Å². The van der Waals surface area contributed by atoms with Gasteiger partial charge >= 0.3 is 7.82 Å². The van der Waals surface area contributed by atoms with Crippen LogP contribution in [0.3, 0.4) is 0 Å². The molecule has 2 N–H and O–H groups in total. The molecular weight excluding hydrogens is 359 g/mol. The first kappa shape index (κ1) is 19.5. The van der Waals surface area contributed by atoms with Crippen LogP contribution in [0.4, 0.5) is 0 Å². The molecule has 2 fully saturated rings. The molecule has 0 amide bonds. The van der Waals surface area contributed by atoms with Crippen molar-refractivity contribution < 1.29 is 18.9 Å². The number of rotatable bonds is 2. The van der Waals surface area contributed by atoms with Gasteiger partial charge in [-0.15, -0.1) is 0 Å². The average molecular weight is 392 g/mol. The van der Waals surface area contributed by atoms with Crippen LogP contribution in [-0.4, -0.2) is 9.79 Å². The van der Waals surface area contributed by atoms with E-state index in [0.717, 1.165) is 17.9 Å². The second-order valence-corrected chi connectivity index (χ2v) is 11.6. The fourth-order valence-corrected chi connectivity index (χ4v) is 8.00. The molecule has 0 radical (unpaired) electrons. The third-order valence-electron chi connectivity index (χ3n) is 8.40. The van der Waals surface area contributed by atoms with Crippen molar-refractivity contribution in [1.82, 2.24) is 0 Å². The topological polar surface area (TPSA) is 66.8 Å². The summed E-state index contributed by atoms with van der Waals surface area (Å²) < 4.78 is 16.2. The molecule has 0 aromatic heterocycles. The predicted molar refractivity (Wildman–Crippen MR) is 107 cm³/mol. The van der Waals surface area contributed by atoms with E-state index in [-0.39, 0.29) is 5.41 Å². The summed E-state index contributed by atoms with van der Waals surface area (Å²) in [6.45, 7) is 11.9. The van der Waals surface area contributed by atoms with Gasteiger partial charge in [0.2, 0.25) is 0 Å². The molecule has 0 spiro atoms. The summed E-state index contributed by atoms with van der Waals surface area (Å²) in [4.78, 5) is 18.4. The Morgan fingerprint density at radius 2 is 1.78 bits per heavy atom. The molecule has 150 valence electrons. The first-order valence-corrected chi connectivity index (χ1v) is 11.8. The van der Waals surface area contributed by atoms with Gasteiger partial charge in [0.05, 0.1) is 0 Å². The summed E-state index contributed by atoms with van der Waals surface area (Å²) in [6, 6.07) is 3.70. The normalized spacial score (nSPS) is 37.3. The van der Waals surface area contributed by atoms with Gasteiger partial charge in [-0.1, -0.05) is 34.1 Å². The van der Waals surface area contributed by atoms with Crippen molar-refractivity contribution in [3.63, 3.8) is 0 Å². The van der Waals surface area contributed by atoms with Crippen LogP contribution in [0.2, 0.25) is 0 Å². The number of benzene rings is 1. The van der Waals surface area contributed by atoms with Crippen molar-refractivity contribution in [1.29, 1.82) is 0 Å².